The van der Waals surface area contributed by atoms with Gasteiger partial charge < -0.3 is 5.11 Å². The fraction of sp³-hybridized carbons (Fsp3) is 0.357. The zero-order chi connectivity index (χ0) is 12.6. The molecular formula is C14H18N2O. The van der Waals surface area contributed by atoms with Crippen LogP contribution in [0.15, 0.2) is 30.3 Å². The van der Waals surface area contributed by atoms with Crippen LogP contribution in [-0.2, 0) is 12.5 Å². The van der Waals surface area contributed by atoms with Crippen LogP contribution < -0.4 is 0 Å². The molecule has 3 heteroatoms. The normalized spacial score (nSPS) is 11.8. The van der Waals surface area contributed by atoms with Crippen molar-refractivity contribution in [3.63, 3.8) is 0 Å². The summed E-state index contributed by atoms with van der Waals surface area (Å²) in [5.41, 5.74) is 2.32. The van der Waals surface area contributed by atoms with Gasteiger partial charge in [0.25, 0.3) is 0 Å². The van der Waals surface area contributed by atoms with Gasteiger partial charge in [-0.1, -0.05) is 51.1 Å². The second-order valence-corrected chi connectivity index (χ2v) is 5.29. The van der Waals surface area contributed by atoms with E-state index in [1.54, 1.807) is 4.68 Å². The molecule has 3 nitrogen and oxygen atoms in total. The Hall–Kier alpha value is -1.77. The van der Waals surface area contributed by atoms with E-state index in [4.69, 9.17) is 0 Å². The Bertz CT molecular complexity index is 521. The Morgan fingerprint density at radius 2 is 1.71 bits per heavy atom. The minimum Gasteiger partial charge on any atom is -0.504 e. The van der Waals surface area contributed by atoms with E-state index in [9.17, 15) is 5.11 Å². The first kappa shape index (κ1) is 11.7. The number of aryl methyl sites for hydroxylation is 1. The minimum absolute atomic E-state index is 0.126. The molecule has 1 N–H and O–H groups in total. The van der Waals surface area contributed by atoms with Crippen molar-refractivity contribution in [2.24, 2.45) is 7.05 Å². The summed E-state index contributed by atoms with van der Waals surface area (Å²) < 4.78 is 1.76. The molecule has 0 unspecified atom stereocenters. The predicted molar refractivity (Wildman–Crippen MR) is 69.0 cm³/mol. The van der Waals surface area contributed by atoms with E-state index in [2.05, 4.69) is 25.9 Å². The van der Waals surface area contributed by atoms with Crippen molar-refractivity contribution in [2.45, 2.75) is 26.2 Å². The quantitative estimate of drug-likeness (QED) is 0.817. The maximum absolute atomic E-state index is 10.3. The lowest BCUT2D eigenvalue weighted by Gasteiger charge is -2.18. The molecule has 0 radical (unpaired) electrons. The van der Waals surface area contributed by atoms with Gasteiger partial charge in [0.05, 0.1) is 5.69 Å². The van der Waals surface area contributed by atoms with E-state index in [0.717, 1.165) is 11.3 Å². The molecule has 0 spiro atoms. The standard InChI is InChI=1S/C14H18N2O/c1-14(2,3)13-12(17)11(15-16(13)4)10-8-6-5-7-9-10/h5-9,17H,1-4H3. The molecule has 1 aromatic carbocycles. The summed E-state index contributed by atoms with van der Waals surface area (Å²) in [6, 6.07) is 9.75. The van der Waals surface area contributed by atoms with E-state index in [1.807, 2.05) is 37.4 Å². The van der Waals surface area contributed by atoms with E-state index >= 15 is 0 Å². The number of aromatic hydroxyl groups is 1. The third-order valence-corrected chi connectivity index (χ3v) is 2.78. The average Bonchev–Trinajstić information content (AvgIpc) is 2.54. The van der Waals surface area contributed by atoms with Gasteiger partial charge in [-0.05, 0) is 0 Å². The third kappa shape index (κ3) is 2.05. The molecular weight excluding hydrogens is 212 g/mol. The van der Waals surface area contributed by atoms with Gasteiger partial charge in [0, 0.05) is 18.0 Å². The highest BCUT2D eigenvalue weighted by Gasteiger charge is 2.26. The van der Waals surface area contributed by atoms with Gasteiger partial charge in [-0.3, -0.25) is 4.68 Å². The summed E-state index contributed by atoms with van der Waals surface area (Å²) in [6.45, 7) is 6.20. The molecule has 0 atom stereocenters. The Morgan fingerprint density at radius 3 is 2.18 bits per heavy atom. The summed E-state index contributed by atoms with van der Waals surface area (Å²) in [5, 5.41) is 14.7. The van der Waals surface area contributed by atoms with Gasteiger partial charge in [-0.25, -0.2) is 0 Å². The lowest BCUT2D eigenvalue weighted by molar-refractivity contribution is 0.435. The third-order valence-electron chi connectivity index (χ3n) is 2.78. The van der Waals surface area contributed by atoms with Gasteiger partial charge in [0.1, 0.15) is 5.69 Å². The van der Waals surface area contributed by atoms with Gasteiger partial charge in [-0.2, -0.15) is 5.10 Å². The molecule has 0 aliphatic heterocycles. The second-order valence-electron chi connectivity index (χ2n) is 5.29. The Kier molecular flexibility index (Phi) is 2.69. The number of aromatic nitrogens is 2. The fourth-order valence-electron chi connectivity index (χ4n) is 2.14. The molecule has 2 rings (SSSR count). The molecule has 0 aliphatic carbocycles. The Morgan fingerprint density at radius 1 is 1.12 bits per heavy atom. The highest BCUT2D eigenvalue weighted by Crippen LogP contribution is 2.37. The number of nitrogens with zero attached hydrogens (tertiary/aromatic N) is 2. The van der Waals surface area contributed by atoms with E-state index < -0.39 is 0 Å². The molecule has 2 aromatic rings. The van der Waals surface area contributed by atoms with Crippen LogP contribution in [0.5, 0.6) is 5.75 Å². The van der Waals surface area contributed by atoms with Gasteiger partial charge in [0.2, 0.25) is 0 Å². The van der Waals surface area contributed by atoms with Gasteiger partial charge >= 0.3 is 0 Å². The number of hydrogen-bond acceptors (Lipinski definition) is 2. The van der Waals surface area contributed by atoms with Crippen molar-refractivity contribution in [2.75, 3.05) is 0 Å². The molecule has 0 aliphatic rings. The fourth-order valence-corrected chi connectivity index (χ4v) is 2.14. The van der Waals surface area contributed by atoms with Crippen molar-refractivity contribution in [3.05, 3.63) is 36.0 Å². The molecule has 17 heavy (non-hydrogen) atoms. The van der Waals surface area contributed by atoms with Crippen molar-refractivity contribution >= 4 is 0 Å². The first-order chi connectivity index (χ1) is 7.91. The Balaban J connectivity index is 2.60. The number of rotatable bonds is 1. The van der Waals surface area contributed by atoms with Crippen LogP contribution in [0.2, 0.25) is 0 Å². The molecule has 0 fully saturated rings. The van der Waals surface area contributed by atoms with E-state index in [-0.39, 0.29) is 11.2 Å². The van der Waals surface area contributed by atoms with Crippen LogP contribution in [0.4, 0.5) is 0 Å². The Labute approximate surface area is 102 Å². The largest absolute Gasteiger partial charge is 0.504 e. The first-order valence-corrected chi connectivity index (χ1v) is 5.73. The van der Waals surface area contributed by atoms with Crippen molar-refractivity contribution in [1.29, 1.82) is 0 Å². The monoisotopic (exact) mass is 230 g/mol. The van der Waals surface area contributed by atoms with Gasteiger partial charge in [-0.15, -0.1) is 0 Å². The smallest absolute Gasteiger partial charge is 0.165 e. The summed E-state index contributed by atoms with van der Waals surface area (Å²) in [6.07, 6.45) is 0. The second kappa shape index (κ2) is 3.91. The maximum Gasteiger partial charge on any atom is 0.165 e. The predicted octanol–water partition coefficient (Wildman–Crippen LogP) is 3.09. The van der Waals surface area contributed by atoms with E-state index in [0.29, 0.717) is 5.69 Å². The van der Waals surface area contributed by atoms with Crippen molar-refractivity contribution in [1.82, 2.24) is 9.78 Å². The molecule has 0 saturated heterocycles. The number of benzene rings is 1. The molecule has 1 heterocycles. The van der Waals surface area contributed by atoms with Crippen LogP contribution >= 0.6 is 0 Å². The topological polar surface area (TPSA) is 38.0 Å². The molecule has 0 bridgehead atoms. The average molecular weight is 230 g/mol. The highest BCUT2D eigenvalue weighted by atomic mass is 16.3. The summed E-state index contributed by atoms with van der Waals surface area (Å²) >= 11 is 0. The minimum atomic E-state index is -0.126. The van der Waals surface area contributed by atoms with Crippen molar-refractivity contribution in [3.8, 4) is 17.0 Å². The molecule has 90 valence electrons. The summed E-state index contributed by atoms with van der Waals surface area (Å²) in [4.78, 5) is 0. The van der Waals surface area contributed by atoms with Gasteiger partial charge in [0.15, 0.2) is 5.75 Å². The summed E-state index contributed by atoms with van der Waals surface area (Å²) in [7, 11) is 1.87. The van der Waals surface area contributed by atoms with Crippen LogP contribution in [0.25, 0.3) is 11.3 Å². The van der Waals surface area contributed by atoms with Crippen LogP contribution in [0.3, 0.4) is 0 Å². The lowest BCUT2D eigenvalue weighted by Crippen LogP contribution is -2.16. The maximum atomic E-state index is 10.3. The van der Waals surface area contributed by atoms with Crippen LogP contribution in [-0.4, -0.2) is 14.9 Å². The molecule has 0 amide bonds. The molecule has 1 aromatic heterocycles. The van der Waals surface area contributed by atoms with Crippen LogP contribution in [0, 0.1) is 0 Å². The molecule has 0 saturated carbocycles. The SMILES string of the molecule is Cn1nc(-c2ccccc2)c(O)c1C(C)(C)C. The summed E-state index contributed by atoms with van der Waals surface area (Å²) in [5.74, 6) is 0.284. The zero-order valence-electron chi connectivity index (χ0n) is 10.7. The lowest BCUT2D eigenvalue weighted by atomic mass is 9.90. The zero-order valence-corrected chi connectivity index (χ0v) is 10.7. The number of hydrogen-bond donors (Lipinski definition) is 1. The first-order valence-electron chi connectivity index (χ1n) is 5.73. The van der Waals surface area contributed by atoms with Crippen molar-refractivity contribution < 1.29 is 5.11 Å². The van der Waals surface area contributed by atoms with E-state index in [1.165, 1.54) is 0 Å². The highest BCUT2D eigenvalue weighted by molar-refractivity contribution is 5.67. The van der Waals surface area contributed by atoms with Crippen LogP contribution in [0.1, 0.15) is 26.5 Å².